The Morgan fingerprint density at radius 1 is 1.26 bits per heavy atom. The van der Waals surface area contributed by atoms with Crippen molar-refractivity contribution in [3.63, 3.8) is 0 Å². The van der Waals surface area contributed by atoms with Gasteiger partial charge in [-0.3, -0.25) is 14.0 Å². The molecule has 0 spiro atoms. The Balaban J connectivity index is 1.55. The molecule has 2 aromatic rings. The van der Waals surface area contributed by atoms with Gasteiger partial charge in [0.25, 0.3) is 0 Å². The third-order valence-corrected chi connectivity index (χ3v) is 10.9. The quantitative estimate of drug-likeness (QED) is 0.355. The molecule has 1 amide bonds. The maximum absolute atomic E-state index is 13.1. The van der Waals surface area contributed by atoms with Crippen LogP contribution in [0.4, 0.5) is 0 Å². The maximum Gasteiger partial charge on any atom is 0.352 e. The molecule has 3 aliphatic rings. The average Bonchev–Trinajstić information content (AvgIpc) is 3.47. The monoisotopic (exact) mass is 579 g/mol. The number of sulfone groups is 1. The zero-order chi connectivity index (χ0) is 28.5. The molecule has 2 aliphatic heterocycles. The molecule has 0 aromatic carbocycles. The third-order valence-electron chi connectivity index (χ3n) is 8.65. The lowest BCUT2D eigenvalue weighted by Gasteiger charge is -2.51. The van der Waals surface area contributed by atoms with Gasteiger partial charge in [-0.15, -0.1) is 11.3 Å². The zero-order valence-electron chi connectivity index (χ0n) is 22.3. The molecule has 4 atom stereocenters. The highest BCUT2D eigenvalue weighted by Gasteiger charge is 2.66. The minimum atomic E-state index is -3.64. The summed E-state index contributed by atoms with van der Waals surface area (Å²) in [5, 5.41) is 20.6. The molecule has 2 N–H and O–H groups in total. The third kappa shape index (κ3) is 4.29. The highest BCUT2D eigenvalue weighted by atomic mass is 32.2. The van der Waals surface area contributed by atoms with Gasteiger partial charge in [-0.1, -0.05) is 26.2 Å². The molecule has 212 valence electrons. The summed E-state index contributed by atoms with van der Waals surface area (Å²) in [6.45, 7) is 5.24. The zero-order valence-corrected chi connectivity index (χ0v) is 24.0. The smallest absolute Gasteiger partial charge is 0.352 e. The number of hydrogen-bond donors (Lipinski definition) is 2. The summed E-state index contributed by atoms with van der Waals surface area (Å²) < 4.78 is 31.8. The fourth-order valence-corrected chi connectivity index (χ4v) is 8.94. The molecule has 11 nitrogen and oxygen atoms in total. The van der Waals surface area contributed by atoms with Gasteiger partial charge in [0.1, 0.15) is 16.9 Å². The van der Waals surface area contributed by atoms with Gasteiger partial charge in [-0.25, -0.2) is 18.2 Å². The largest absolute Gasteiger partial charge is 0.477 e. The van der Waals surface area contributed by atoms with Gasteiger partial charge in [0.05, 0.1) is 35.0 Å². The lowest BCUT2D eigenvalue weighted by atomic mass is 9.65. The van der Waals surface area contributed by atoms with Crippen LogP contribution >= 0.6 is 11.3 Å². The standard InChI is InChI=1S/C26H33N3O8S2/c1-14(30)16-19-26(3,10-11-37-24(34)25(2)8-6-5-7-9-25)17(18(23(32)33)29(19)21(16)31)15-12-28-13-27-20(22(28)38-15)39(4,35)36/h12-14,16,19,30H,5-11H2,1-4H3,(H,32,33)/t14-,16-,19-,26+/m1/s1. The molecule has 2 aromatic heterocycles. The number of amides is 1. The van der Waals surface area contributed by atoms with Crippen molar-refractivity contribution in [3.05, 3.63) is 23.1 Å². The fourth-order valence-electron chi connectivity index (χ4n) is 6.55. The Labute approximate surface area is 230 Å². The maximum atomic E-state index is 13.1. The summed E-state index contributed by atoms with van der Waals surface area (Å²) in [6, 6.07) is -0.663. The first-order valence-corrected chi connectivity index (χ1v) is 15.7. The van der Waals surface area contributed by atoms with E-state index in [-0.39, 0.29) is 29.7 Å². The van der Waals surface area contributed by atoms with Gasteiger partial charge in [0.2, 0.25) is 5.91 Å². The predicted octanol–water partition coefficient (Wildman–Crippen LogP) is 2.73. The Morgan fingerprint density at radius 3 is 2.51 bits per heavy atom. The Hall–Kier alpha value is -2.77. The van der Waals surface area contributed by atoms with Crippen LogP contribution in [0.15, 0.2) is 23.2 Å². The molecule has 0 unspecified atom stereocenters. The average molecular weight is 580 g/mol. The number of carboxylic acid groups (broad SMARTS) is 1. The molecule has 39 heavy (non-hydrogen) atoms. The van der Waals surface area contributed by atoms with Crippen LogP contribution in [-0.4, -0.2) is 75.8 Å². The van der Waals surface area contributed by atoms with E-state index in [9.17, 15) is 33.0 Å². The van der Waals surface area contributed by atoms with Crippen molar-refractivity contribution in [1.29, 1.82) is 0 Å². The number of aliphatic carboxylic acids is 1. The highest BCUT2D eigenvalue weighted by Crippen LogP contribution is 2.60. The highest BCUT2D eigenvalue weighted by molar-refractivity contribution is 7.91. The first kappa shape index (κ1) is 27.8. The number of β-lactam (4-membered cyclic amide) rings is 1. The molecule has 1 saturated carbocycles. The van der Waals surface area contributed by atoms with E-state index in [1.165, 1.54) is 22.6 Å². The van der Waals surface area contributed by atoms with Crippen LogP contribution in [-0.2, 0) is 29.0 Å². The first-order valence-electron chi connectivity index (χ1n) is 13.0. The molecule has 5 rings (SSSR count). The summed E-state index contributed by atoms with van der Waals surface area (Å²) in [7, 11) is -3.64. The number of aliphatic hydroxyl groups is 1. The number of hydrogen-bond acceptors (Lipinski definition) is 9. The van der Waals surface area contributed by atoms with E-state index in [4.69, 9.17) is 4.74 Å². The van der Waals surface area contributed by atoms with Crippen molar-refractivity contribution in [1.82, 2.24) is 14.3 Å². The minimum Gasteiger partial charge on any atom is -0.477 e. The van der Waals surface area contributed by atoms with Crippen LogP contribution in [0, 0.1) is 16.7 Å². The van der Waals surface area contributed by atoms with Crippen molar-refractivity contribution in [2.45, 2.75) is 76.5 Å². The second kappa shape index (κ2) is 9.41. The molecular weight excluding hydrogens is 546 g/mol. The number of carbonyl (C=O) groups is 3. The van der Waals surface area contributed by atoms with Crippen LogP contribution in [0.1, 0.15) is 64.2 Å². The summed E-state index contributed by atoms with van der Waals surface area (Å²) >= 11 is 1.07. The SMILES string of the molecule is C[C@@H](O)[C@H]1C(=O)N2C(C(=O)O)=C(c3cn4cnc(S(C)(=O)=O)c4s3)[C@](C)(CCOC(=O)C3(C)CCCCC3)[C@@H]12. The second-order valence-corrected chi connectivity index (χ2v) is 14.5. The van der Waals surface area contributed by atoms with Crippen molar-refractivity contribution < 1.29 is 37.8 Å². The molecule has 1 saturated heterocycles. The Morgan fingerprint density at radius 2 is 1.92 bits per heavy atom. The van der Waals surface area contributed by atoms with Gasteiger partial charge in [-0.2, -0.15) is 0 Å². The number of rotatable bonds is 8. The van der Waals surface area contributed by atoms with Crippen LogP contribution in [0.2, 0.25) is 0 Å². The number of thiazole rings is 1. The van der Waals surface area contributed by atoms with Crippen molar-refractivity contribution in [2.24, 2.45) is 16.7 Å². The number of imidazole rings is 1. The molecule has 4 heterocycles. The Bertz CT molecular complexity index is 1500. The number of ether oxygens (including phenoxy) is 1. The van der Waals surface area contributed by atoms with Crippen LogP contribution in [0.25, 0.3) is 10.4 Å². The molecule has 0 bridgehead atoms. The van der Waals surface area contributed by atoms with Gasteiger partial charge >= 0.3 is 11.9 Å². The summed E-state index contributed by atoms with van der Waals surface area (Å²) in [5.74, 6) is -2.90. The topological polar surface area (TPSA) is 156 Å². The molecule has 1 aliphatic carbocycles. The minimum absolute atomic E-state index is 0.00673. The van der Waals surface area contributed by atoms with Crippen molar-refractivity contribution in [2.75, 3.05) is 12.9 Å². The lowest BCUT2D eigenvalue weighted by molar-refractivity contribution is -0.168. The molecule has 13 heteroatoms. The second-order valence-electron chi connectivity index (χ2n) is 11.5. The van der Waals surface area contributed by atoms with E-state index in [1.807, 2.05) is 13.8 Å². The number of carboxylic acids is 1. The van der Waals surface area contributed by atoms with Crippen molar-refractivity contribution in [3.8, 4) is 0 Å². The fraction of sp³-hybridized carbons (Fsp3) is 0.615. The molecular formula is C26H33N3O8S2. The number of carbonyl (C=O) groups excluding carboxylic acids is 2. The number of fused-ring (bicyclic) bond motifs is 2. The lowest BCUT2D eigenvalue weighted by Crippen LogP contribution is -2.66. The number of aliphatic hydroxyl groups excluding tert-OH is 1. The van der Waals surface area contributed by atoms with Crippen LogP contribution < -0.4 is 0 Å². The van der Waals surface area contributed by atoms with Gasteiger partial charge in [0, 0.05) is 23.4 Å². The summed E-state index contributed by atoms with van der Waals surface area (Å²) in [6.07, 6.45) is 7.73. The van der Waals surface area contributed by atoms with E-state index in [2.05, 4.69) is 4.98 Å². The van der Waals surface area contributed by atoms with Gasteiger partial charge in [-0.05, 0) is 33.1 Å². The number of aromatic nitrogens is 2. The first-order chi connectivity index (χ1) is 18.2. The van der Waals surface area contributed by atoms with E-state index < -0.39 is 50.6 Å². The predicted molar refractivity (Wildman–Crippen MR) is 141 cm³/mol. The summed E-state index contributed by atoms with van der Waals surface area (Å²) in [4.78, 5) is 44.7. The molecule has 0 radical (unpaired) electrons. The number of esters is 1. The van der Waals surface area contributed by atoms with Gasteiger partial charge in [0.15, 0.2) is 14.9 Å². The van der Waals surface area contributed by atoms with Crippen molar-refractivity contribution >= 4 is 49.4 Å². The molecule has 2 fully saturated rings. The van der Waals surface area contributed by atoms with E-state index in [1.54, 1.807) is 6.20 Å². The van der Waals surface area contributed by atoms with Crippen LogP contribution in [0.3, 0.4) is 0 Å². The van der Waals surface area contributed by atoms with E-state index in [0.29, 0.717) is 15.3 Å². The van der Waals surface area contributed by atoms with E-state index >= 15 is 0 Å². The van der Waals surface area contributed by atoms with Crippen LogP contribution in [0.5, 0.6) is 0 Å². The normalized spacial score (nSPS) is 27.4. The number of nitrogens with zero attached hydrogens (tertiary/aromatic N) is 3. The summed E-state index contributed by atoms with van der Waals surface area (Å²) in [5.41, 5.74) is -1.40. The van der Waals surface area contributed by atoms with E-state index in [0.717, 1.165) is 49.7 Å². The van der Waals surface area contributed by atoms with Gasteiger partial charge < -0.3 is 19.8 Å². The Kier molecular flexibility index (Phi) is 6.70.